The molecule has 0 saturated carbocycles. The SMILES string of the molecule is CN(C)CC(F)(F)C(F)(F)C(F)(F)F.O=Cc1c(C=O)c(C(F)(F)C(F)(F)C(F)(F)C(F)(F)F)c2c(c1C(F)(F)C(F)(F)C(F)(F)C(F)(F)F)C(=O)N(CC(F)(F)C(F)(F)C(F)(F)F)C2=O. The standard InChI is InChI=1S/C22H4F25NO4.C6H8F7N/c23-12(24,15(29,30)20(39,40)41)3-48-10(51)6-7(11(48)52)9(14(27,28)17(33,34)19(37,38)22(45,46)47)5(2-50)4(1-49)8(6)13(25,26)16(31,32)18(35,36)21(42,43)44;1-14(2)3-4(7,8)5(9,10)6(11,12)13/h1-2H,3H2;3H2,1-2H3. The van der Waals surface area contributed by atoms with Gasteiger partial charge in [0.25, 0.3) is 11.8 Å². The Balaban J connectivity index is 0.00000133. The molecule has 0 bridgehead atoms. The number of benzene rings is 1. The number of alkyl halides is 32. The molecule has 6 nitrogen and oxygen atoms in total. The highest BCUT2D eigenvalue weighted by Gasteiger charge is 2.85. The van der Waals surface area contributed by atoms with E-state index in [9.17, 15) is 142 Å². The fraction of sp³-hybridized carbons (Fsp3) is 0.643. The van der Waals surface area contributed by atoms with Crippen LogP contribution >= 0.6 is 0 Å². The smallest absolute Gasteiger partial charge is 0.303 e. The third-order valence-electron chi connectivity index (χ3n) is 8.15. The molecule has 38 heteroatoms. The molecule has 0 unspecified atom stereocenters. The van der Waals surface area contributed by atoms with Gasteiger partial charge in [-0.05, 0) is 14.1 Å². The number of nitrogens with zero attached hydrogens (tertiary/aromatic N) is 2. The molecule has 0 fully saturated rings. The highest BCUT2D eigenvalue weighted by atomic mass is 19.5. The van der Waals surface area contributed by atoms with Crippen molar-refractivity contribution in [2.24, 2.45) is 0 Å². The van der Waals surface area contributed by atoms with E-state index in [1.807, 2.05) is 0 Å². The van der Waals surface area contributed by atoms with Gasteiger partial charge in [0, 0.05) is 11.1 Å². The van der Waals surface area contributed by atoms with Crippen molar-refractivity contribution >= 4 is 24.4 Å². The number of amides is 2. The molecule has 0 radical (unpaired) electrons. The second-order valence-corrected chi connectivity index (χ2v) is 13.0. The van der Waals surface area contributed by atoms with Gasteiger partial charge in [0.15, 0.2) is 12.6 Å². The van der Waals surface area contributed by atoms with E-state index in [-0.39, 0.29) is 0 Å². The van der Waals surface area contributed by atoms with Crippen LogP contribution in [0.25, 0.3) is 0 Å². The molecule has 1 aromatic carbocycles. The van der Waals surface area contributed by atoms with Crippen molar-refractivity contribution in [2.75, 3.05) is 27.2 Å². The molecule has 1 heterocycles. The summed E-state index contributed by atoms with van der Waals surface area (Å²) in [4.78, 5) is 47.0. The van der Waals surface area contributed by atoms with E-state index in [1.165, 1.54) is 0 Å². The van der Waals surface area contributed by atoms with Crippen molar-refractivity contribution < 1.29 is 160 Å². The number of carbonyl (C=O) groups excluding carboxylic acids is 4. The Bertz CT molecular complexity index is 1940. The summed E-state index contributed by atoms with van der Waals surface area (Å²) in [5.74, 6) is -82.7. The lowest BCUT2D eigenvalue weighted by Crippen LogP contribution is -2.60. The highest BCUT2D eigenvalue weighted by Crippen LogP contribution is 2.62. The maximum Gasteiger partial charge on any atom is 0.460 e. The van der Waals surface area contributed by atoms with Gasteiger partial charge in [-0.15, -0.1) is 0 Å². The number of carbonyl (C=O) groups is 4. The first-order valence-electron chi connectivity index (χ1n) is 15.2. The second-order valence-electron chi connectivity index (χ2n) is 13.0. The van der Waals surface area contributed by atoms with Crippen molar-refractivity contribution in [1.82, 2.24) is 9.80 Å². The van der Waals surface area contributed by atoms with Crippen LogP contribution in [0.3, 0.4) is 0 Å². The van der Waals surface area contributed by atoms with E-state index in [1.54, 1.807) is 0 Å². The van der Waals surface area contributed by atoms with E-state index in [4.69, 9.17) is 0 Å². The molecule has 0 spiro atoms. The van der Waals surface area contributed by atoms with Crippen molar-refractivity contribution in [1.29, 1.82) is 0 Å². The lowest BCUT2D eigenvalue weighted by Gasteiger charge is -2.37. The third kappa shape index (κ3) is 8.84. The van der Waals surface area contributed by atoms with Gasteiger partial charge in [-0.2, -0.15) is 140 Å². The fourth-order valence-corrected chi connectivity index (χ4v) is 4.89. The van der Waals surface area contributed by atoms with Gasteiger partial charge < -0.3 is 4.90 Å². The Labute approximate surface area is 339 Å². The summed E-state index contributed by atoms with van der Waals surface area (Å²) in [5.41, 5.74) is -23.2. The van der Waals surface area contributed by atoms with E-state index < -0.39 is 160 Å². The van der Waals surface area contributed by atoms with Gasteiger partial charge in [-0.25, -0.2) is 0 Å². The summed E-state index contributed by atoms with van der Waals surface area (Å²) in [6, 6.07) is 0. The summed E-state index contributed by atoms with van der Waals surface area (Å²) >= 11 is 0. The van der Waals surface area contributed by atoms with E-state index in [0.717, 1.165) is 14.1 Å². The van der Waals surface area contributed by atoms with Crippen LogP contribution in [0, 0.1) is 0 Å². The number of aldehydes is 2. The van der Waals surface area contributed by atoms with Gasteiger partial charge in [0.2, 0.25) is 0 Å². The fourth-order valence-electron chi connectivity index (χ4n) is 4.89. The van der Waals surface area contributed by atoms with Gasteiger partial charge in [-0.3, -0.25) is 24.1 Å². The van der Waals surface area contributed by atoms with E-state index in [2.05, 4.69) is 0 Å². The van der Waals surface area contributed by atoms with Gasteiger partial charge in [0.05, 0.1) is 35.3 Å². The zero-order chi connectivity index (χ0) is 53.6. The highest BCUT2D eigenvalue weighted by molar-refractivity contribution is 6.24. The molecule has 1 aromatic rings. The number of imide groups is 1. The molecule has 2 amide bonds. The molecular weight excluding hydrogens is 1040 g/mol. The Morgan fingerprint density at radius 3 is 0.848 bits per heavy atom. The van der Waals surface area contributed by atoms with Crippen LogP contribution in [-0.4, -0.2) is 133 Å². The second kappa shape index (κ2) is 16.6. The molecule has 2 rings (SSSR count). The lowest BCUT2D eigenvalue weighted by molar-refractivity contribution is -0.400. The molecule has 1 aliphatic heterocycles. The monoisotopic (exact) mass is 1050 g/mol. The maximum absolute atomic E-state index is 15.2. The molecule has 0 N–H and O–H groups in total. The zero-order valence-corrected chi connectivity index (χ0v) is 30.2. The molecule has 0 aromatic heterocycles. The number of fused-ring (bicyclic) bond motifs is 1. The minimum absolute atomic E-state index is 0.555. The van der Waals surface area contributed by atoms with E-state index >= 15 is 17.6 Å². The summed E-state index contributed by atoms with van der Waals surface area (Å²) in [6.45, 7) is -5.79. The van der Waals surface area contributed by atoms with Crippen molar-refractivity contribution in [3.63, 3.8) is 0 Å². The van der Waals surface area contributed by atoms with Crippen LogP contribution in [0.15, 0.2) is 0 Å². The van der Waals surface area contributed by atoms with E-state index in [0.29, 0.717) is 4.90 Å². The first-order chi connectivity index (χ1) is 28.5. The van der Waals surface area contributed by atoms with Crippen LogP contribution in [0.5, 0.6) is 0 Å². The Hall–Kier alpha value is -4.58. The van der Waals surface area contributed by atoms with Crippen molar-refractivity contribution in [3.05, 3.63) is 33.4 Å². The summed E-state index contributed by atoms with van der Waals surface area (Å²) in [7, 11) is 1.95. The zero-order valence-electron chi connectivity index (χ0n) is 30.2. The number of rotatable bonds is 14. The normalized spacial score (nSPS) is 16.1. The molecule has 0 atom stereocenters. The number of hydrogen-bond acceptors (Lipinski definition) is 5. The summed E-state index contributed by atoms with van der Waals surface area (Å²) < 4.78 is 426. The first-order valence-corrected chi connectivity index (χ1v) is 15.2. The van der Waals surface area contributed by atoms with Crippen molar-refractivity contribution in [3.8, 4) is 0 Å². The summed E-state index contributed by atoms with van der Waals surface area (Å²) in [6.07, 6.45) is -33.6. The predicted octanol–water partition coefficient (Wildman–Crippen LogP) is 11.0. The number of halogens is 32. The van der Waals surface area contributed by atoms with Crippen LogP contribution < -0.4 is 0 Å². The quantitative estimate of drug-likeness (QED) is 0.105. The van der Waals surface area contributed by atoms with Crippen LogP contribution in [0.1, 0.15) is 52.6 Å². The third-order valence-corrected chi connectivity index (χ3v) is 8.15. The maximum atomic E-state index is 15.2. The largest absolute Gasteiger partial charge is 0.460 e. The Morgan fingerprint density at radius 1 is 0.394 bits per heavy atom. The van der Waals surface area contributed by atoms with Crippen LogP contribution in [0.4, 0.5) is 140 Å². The minimum Gasteiger partial charge on any atom is -0.303 e. The summed E-state index contributed by atoms with van der Waals surface area (Å²) in [5, 5.41) is 0. The molecule has 66 heavy (non-hydrogen) atoms. The van der Waals surface area contributed by atoms with Crippen molar-refractivity contribution in [2.45, 2.75) is 83.9 Å². The molecule has 0 saturated heterocycles. The minimum atomic E-state index is -8.34. The topological polar surface area (TPSA) is 74.8 Å². The van der Waals surface area contributed by atoms with Gasteiger partial charge >= 0.3 is 83.9 Å². The Kier molecular flexibility index (Phi) is 14.9. The average molecular weight is 1050 g/mol. The molecule has 0 aliphatic carbocycles. The average Bonchev–Trinajstić information content (AvgIpc) is 3.31. The molecular formula is C28H12F32N2O4. The number of hydrogen-bond donors (Lipinski definition) is 0. The molecule has 382 valence electrons. The molecule has 1 aliphatic rings. The first kappa shape index (κ1) is 59.4. The van der Waals surface area contributed by atoms with Crippen LogP contribution in [-0.2, 0) is 11.8 Å². The van der Waals surface area contributed by atoms with Gasteiger partial charge in [-0.1, -0.05) is 0 Å². The van der Waals surface area contributed by atoms with Crippen LogP contribution in [0.2, 0.25) is 0 Å². The lowest BCUT2D eigenvalue weighted by atomic mass is 9.79. The predicted molar refractivity (Wildman–Crippen MR) is 143 cm³/mol. The van der Waals surface area contributed by atoms with Gasteiger partial charge in [0.1, 0.15) is 0 Å². The Morgan fingerprint density at radius 2 is 0.636 bits per heavy atom.